The summed E-state index contributed by atoms with van der Waals surface area (Å²) >= 11 is 0. The van der Waals surface area contributed by atoms with Gasteiger partial charge >= 0.3 is 5.97 Å². The maximum atomic E-state index is 12.7. The molecule has 3 aromatic rings. The number of allylic oxidation sites excluding steroid dienone is 1. The summed E-state index contributed by atoms with van der Waals surface area (Å²) in [5.74, 6) is 0.453. The minimum absolute atomic E-state index is 0.110. The number of para-hydroxylation sites is 1. The Labute approximate surface area is 190 Å². The van der Waals surface area contributed by atoms with Crippen LogP contribution < -0.4 is 9.64 Å². The second kappa shape index (κ2) is 8.54. The zero-order valence-electron chi connectivity index (χ0n) is 19.3. The van der Waals surface area contributed by atoms with Crippen LogP contribution in [-0.4, -0.2) is 25.7 Å². The fourth-order valence-electron chi connectivity index (χ4n) is 4.43. The molecule has 0 aliphatic carbocycles. The highest BCUT2D eigenvalue weighted by Gasteiger charge is 2.31. The van der Waals surface area contributed by atoms with Crippen LogP contribution in [-0.2, 0) is 11.3 Å². The Morgan fingerprint density at radius 3 is 2.34 bits per heavy atom. The van der Waals surface area contributed by atoms with Crippen LogP contribution in [0.3, 0.4) is 0 Å². The van der Waals surface area contributed by atoms with Crippen LogP contribution >= 0.6 is 0 Å². The fraction of sp³-hybridized carbons (Fsp3) is 0.250. The molecule has 0 saturated heterocycles. The summed E-state index contributed by atoms with van der Waals surface area (Å²) in [7, 11) is 3.78. The monoisotopic (exact) mass is 427 g/mol. The molecule has 0 radical (unpaired) electrons. The van der Waals surface area contributed by atoms with E-state index in [0.717, 1.165) is 33.7 Å². The number of anilines is 1. The molecule has 0 amide bonds. The third kappa shape index (κ3) is 3.89. The number of hydrogen-bond donors (Lipinski definition) is 0. The van der Waals surface area contributed by atoms with Gasteiger partial charge in [-0.15, -0.1) is 0 Å². The smallest absolute Gasteiger partial charge is 0.338 e. The first kappa shape index (κ1) is 21.7. The molecule has 0 bridgehead atoms. The third-order valence-corrected chi connectivity index (χ3v) is 6.24. The van der Waals surface area contributed by atoms with Gasteiger partial charge in [0.2, 0.25) is 0 Å². The minimum atomic E-state index is -0.333. The number of likely N-dealkylation sites (N-methyl/N-ethyl adjacent to an activating group) is 1. The molecular formula is C28H29NO3. The molecule has 4 rings (SSSR count). The first-order chi connectivity index (χ1) is 15.3. The number of esters is 1. The van der Waals surface area contributed by atoms with Crippen molar-refractivity contribution >= 4 is 17.2 Å². The largest absolute Gasteiger partial charge is 0.496 e. The molecule has 4 heteroatoms. The number of benzene rings is 3. The van der Waals surface area contributed by atoms with Gasteiger partial charge in [-0.25, -0.2) is 4.79 Å². The highest BCUT2D eigenvalue weighted by molar-refractivity contribution is 5.91. The number of carbonyl (C=O) groups is 1. The van der Waals surface area contributed by atoms with E-state index >= 15 is 0 Å². The van der Waals surface area contributed by atoms with Gasteiger partial charge in [0.1, 0.15) is 12.4 Å². The molecule has 164 valence electrons. The zero-order valence-corrected chi connectivity index (χ0v) is 19.3. The Kier molecular flexibility index (Phi) is 5.79. The normalized spacial score (nSPS) is 14.4. The Balaban J connectivity index is 1.85. The average molecular weight is 428 g/mol. The summed E-state index contributed by atoms with van der Waals surface area (Å²) in [6, 6.07) is 21.3. The summed E-state index contributed by atoms with van der Waals surface area (Å²) in [6.07, 6.45) is 2.27. The number of fused-ring (bicyclic) bond motifs is 1. The molecule has 4 nitrogen and oxygen atoms in total. The lowest BCUT2D eigenvalue weighted by molar-refractivity contribution is 0.0473. The van der Waals surface area contributed by atoms with Gasteiger partial charge in [-0.1, -0.05) is 48.5 Å². The maximum Gasteiger partial charge on any atom is 0.338 e. The van der Waals surface area contributed by atoms with Crippen LogP contribution in [0.5, 0.6) is 5.75 Å². The van der Waals surface area contributed by atoms with Gasteiger partial charge in [0.25, 0.3) is 0 Å². The summed E-state index contributed by atoms with van der Waals surface area (Å²) < 4.78 is 11.5. The van der Waals surface area contributed by atoms with Crippen molar-refractivity contribution in [3.8, 4) is 16.9 Å². The van der Waals surface area contributed by atoms with Crippen molar-refractivity contribution in [1.82, 2.24) is 0 Å². The lowest BCUT2D eigenvalue weighted by atomic mass is 9.84. The van der Waals surface area contributed by atoms with Gasteiger partial charge in [0, 0.05) is 29.4 Å². The number of rotatable bonds is 5. The van der Waals surface area contributed by atoms with Gasteiger partial charge in [0.05, 0.1) is 18.2 Å². The zero-order chi connectivity index (χ0) is 22.9. The fourth-order valence-corrected chi connectivity index (χ4v) is 4.43. The van der Waals surface area contributed by atoms with Crippen LogP contribution in [0.15, 0.2) is 72.8 Å². The number of methoxy groups -OCH3 is 1. The van der Waals surface area contributed by atoms with Crippen molar-refractivity contribution in [2.75, 3.05) is 19.1 Å². The van der Waals surface area contributed by atoms with E-state index in [-0.39, 0.29) is 18.1 Å². The molecular weight excluding hydrogens is 398 g/mol. The van der Waals surface area contributed by atoms with E-state index in [1.807, 2.05) is 42.5 Å². The molecule has 1 heterocycles. The Morgan fingerprint density at radius 2 is 1.62 bits per heavy atom. The van der Waals surface area contributed by atoms with Crippen molar-refractivity contribution in [3.63, 3.8) is 0 Å². The molecule has 0 N–H and O–H groups in total. The maximum absolute atomic E-state index is 12.7. The van der Waals surface area contributed by atoms with Gasteiger partial charge in [-0.2, -0.15) is 0 Å². The highest BCUT2D eigenvalue weighted by Crippen LogP contribution is 2.44. The first-order valence-corrected chi connectivity index (χ1v) is 10.8. The van der Waals surface area contributed by atoms with Gasteiger partial charge in [-0.3, -0.25) is 0 Å². The molecule has 0 aromatic heterocycles. The van der Waals surface area contributed by atoms with E-state index in [4.69, 9.17) is 9.47 Å². The molecule has 0 unspecified atom stereocenters. The minimum Gasteiger partial charge on any atom is -0.496 e. The van der Waals surface area contributed by atoms with E-state index in [2.05, 4.69) is 50.9 Å². The standard InChI is InChI=1S/C28H29NO3/c1-19-17-28(2,3)29(4)24-16-15-21(22-13-9-10-14-25(22)31-5)23(26(19)24)18-32-27(30)20-11-7-6-8-12-20/h6-17H,18H2,1-5H3. The number of hydrogen-bond acceptors (Lipinski definition) is 4. The van der Waals surface area contributed by atoms with Crippen LogP contribution in [0, 0.1) is 0 Å². The molecule has 32 heavy (non-hydrogen) atoms. The van der Waals surface area contributed by atoms with Crippen LogP contribution in [0.4, 0.5) is 5.69 Å². The van der Waals surface area contributed by atoms with Crippen LogP contribution in [0.2, 0.25) is 0 Å². The molecule has 3 aromatic carbocycles. The van der Waals surface area contributed by atoms with Crippen molar-refractivity contribution in [2.45, 2.75) is 32.9 Å². The Bertz CT molecular complexity index is 1180. The summed E-state index contributed by atoms with van der Waals surface area (Å²) in [6.45, 7) is 6.69. The predicted octanol–water partition coefficient (Wildman–Crippen LogP) is 6.35. The molecule has 0 saturated carbocycles. The highest BCUT2D eigenvalue weighted by atomic mass is 16.5. The number of nitrogens with zero attached hydrogens (tertiary/aromatic N) is 1. The quantitative estimate of drug-likeness (QED) is 0.445. The molecule has 0 atom stereocenters. The summed E-state index contributed by atoms with van der Waals surface area (Å²) in [5, 5.41) is 0. The topological polar surface area (TPSA) is 38.8 Å². The van der Waals surface area contributed by atoms with Crippen LogP contribution in [0.1, 0.15) is 42.3 Å². The number of carbonyl (C=O) groups excluding carboxylic acids is 1. The lowest BCUT2D eigenvalue weighted by Crippen LogP contribution is -2.42. The van der Waals surface area contributed by atoms with Gasteiger partial charge in [0.15, 0.2) is 0 Å². The lowest BCUT2D eigenvalue weighted by Gasteiger charge is -2.41. The Morgan fingerprint density at radius 1 is 0.938 bits per heavy atom. The van der Waals surface area contributed by atoms with E-state index < -0.39 is 0 Å². The first-order valence-electron chi connectivity index (χ1n) is 10.8. The Hall–Kier alpha value is -3.53. The molecule has 1 aliphatic heterocycles. The van der Waals surface area contributed by atoms with E-state index in [9.17, 15) is 4.79 Å². The van der Waals surface area contributed by atoms with Gasteiger partial charge < -0.3 is 14.4 Å². The van der Waals surface area contributed by atoms with Gasteiger partial charge in [-0.05, 0) is 56.2 Å². The SMILES string of the molecule is COc1ccccc1-c1ccc2c(c1COC(=O)c1ccccc1)C(C)=CC(C)(C)N2C. The van der Waals surface area contributed by atoms with Crippen molar-refractivity contribution in [1.29, 1.82) is 0 Å². The van der Waals surface area contributed by atoms with E-state index in [0.29, 0.717) is 5.56 Å². The number of ether oxygens (including phenoxy) is 2. The van der Waals surface area contributed by atoms with E-state index in [1.165, 1.54) is 5.57 Å². The van der Waals surface area contributed by atoms with Crippen LogP contribution in [0.25, 0.3) is 16.7 Å². The molecule has 0 spiro atoms. The predicted molar refractivity (Wildman–Crippen MR) is 130 cm³/mol. The van der Waals surface area contributed by atoms with Crippen molar-refractivity contribution in [3.05, 3.63) is 89.5 Å². The second-order valence-electron chi connectivity index (χ2n) is 8.67. The molecule has 1 aliphatic rings. The second-order valence-corrected chi connectivity index (χ2v) is 8.67. The van der Waals surface area contributed by atoms with Crippen molar-refractivity contribution < 1.29 is 14.3 Å². The summed E-state index contributed by atoms with van der Waals surface area (Å²) in [5.41, 5.74) is 6.79. The average Bonchev–Trinajstić information content (AvgIpc) is 2.80. The summed E-state index contributed by atoms with van der Waals surface area (Å²) in [4.78, 5) is 15.0. The van der Waals surface area contributed by atoms with E-state index in [1.54, 1.807) is 19.2 Å². The van der Waals surface area contributed by atoms with Crippen molar-refractivity contribution in [2.24, 2.45) is 0 Å². The molecule has 0 fully saturated rings. The third-order valence-electron chi connectivity index (χ3n) is 6.24.